The molecular formula is C92H93N15O6. The first kappa shape index (κ1) is 74.8. The van der Waals surface area contributed by atoms with E-state index in [1.54, 1.807) is 53.2 Å². The number of fused-ring (bicyclic) bond motifs is 6. The third kappa shape index (κ3) is 13.1. The lowest BCUT2D eigenvalue weighted by Gasteiger charge is -2.28. The molecule has 3 saturated heterocycles. The Bertz CT molecular complexity index is 5590. The molecule has 3 saturated carbocycles. The van der Waals surface area contributed by atoms with E-state index in [4.69, 9.17) is 32.2 Å². The van der Waals surface area contributed by atoms with Crippen molar-refractivity contribution >= 4 is 51.7 Å². The van der Waals surface area contributed by atoms with Crippen LogP contribution in [0.15, 0.2) is 214 Å². The highest BCUT2D eigenvalue weighted by Gasteiger charge is 2.69. The minimum Gasteiger partial charge on any atom is -0.382 e. The Morgan fingerprint density at radius 3 is 1.12 bits per heavy atom. The molecule has 3 amide bonds. The summed E-state index contributed by atoms with van der Waals surface area (Å²) in [6.45, 7) is 19.1. The molecule has 9 unspecified atom stereocenters. The van der Waals surface area contributed by atoms with Crippen LogP contribution in [0.1, 0.15) is 156 Å². The summed E-state index contributed by atoms with van der Waals surface area (Å²) in [6.07, 6.45) is 18.8. The summed E-state index contributed by atoms with van der Waals surface area (Å²) >= 11 is 0. The number of rotatable bonds is 13. The number of aromatic nitrogens is 9. The number of nitrogens with zero attached hydrogens (tertiary/aromatic N) is 12. The van der Waals surface area contributed by atoms with Gasteiger partial charge in [0.05, 0.1) is 18.1 Å². The molecule has 9 N–H and O–H groups in total. The van der Waals surface area contributed by atoms with Crippen molar-refractivity contribution < 1.29 is 29.7 Å². The number of carbonyl (C=O) groups is 3. The molecule has 12 aromatic rings. The lowest BCUT2D eigenvalue weighted by molar-refractivity contribution is -0.128. The fourth-order valence-electron chi connectivity index (χ4n) is 19.1. The Hall–Kier alpha value is -12.3. The van der Waals surface area contributed by atoms with Crippen LogP contribution in [0.3, 0.4) is 0 Å². The Morgan fingerprint density at radius 1 is 0.460 bits per heavy atom. The zero-order valence-corrected chi connectivity index (χ0v) is 64.6. The van der Waals surface area contributed by atoms with Gasteiger partial charge in [0.25, 0.3) is 11.8 Å². The number of imidazole rings is 3. The highest BCUT2D eigenvalue weighted by Crippen LogP contribution is 2.69. The lowest BCUT2D eigenvalue weighted by Crippen LogP contribution is -2.35. The van der Waals surface area contributed by atoms with Gasteiger partial charge in [0, 0.05) is 73.5 Å². The van der Waals surface area contributed by atoms with Crippen molar-refractivity contribution in [1.82, 2.24) is 57.8 Å². The fourth-order valence-corrected chi connectivity index (χ4v) is 19.1. The van der Waals surface area contributed by atoms with E-state index in [2.05, 4.69) is 59.1 Å². The van der Waals surface area contributed by atoms with E-state index >= 15 is 0 Å². The van der Waals surface area contributed by atoms with Gasteiger partial charge in [0.1, 0.15) is 85.4 Å². The highest BCUT2D eigenvalue weighted by molar-refractivity contribution is 5.95. The van der Waals surface area contributed by atoms with Crippen molar-refractivity contribution in [3.63, 3.8) is 0 Å². The van der Waals surface area contributed by atoms with Gasteiger partial charge in [-0.15, -0.1) is 0 Å². The average molecular weight is 1500 g/mol. The minimum absolute atomic E-state index is 0.0628. The van der Waals surface area contributed by atoms with E-state index in [-0.39, 0.29) is 41.3 Å². The van der Waals surface area contributed by atoms with Crippen LogP contribution in [0.4, 0.5) is 17.5 Å². The SMILES string of the molecule is C=CC(=O)N1CC2CCCC2C1c1nc(-c2ccc(C(C)(O)c3ccccc3)cc2)c2c(N)nccn12.CC#CC(=O)N1CC2CCCC2C1c1nc(-c2ccc(C(C)(O)c3ccccc3)cc2)c2c(N)nccn12.CC#CC(=O)N1C[C@H]2[C@@H]([C@H]1c1nc(-c3ccc(C(C)(O)c4ccccc4)cc3)c3c(N)nccn13)C2(C)C. The summed E-state index contributed by atoms with van der Waals surface area (Å²) < 4.78 is 5.98. The van der Waals surface area contributed by atoms with E-state index in [1.807, 2.05) is 210 Å². The van der Waals surface area contributed by atoms with Gasteiger partial charge >= 0.3 is 0 Å². The van der Waals surface area contributed by atoms with Gasteiger partial charge in [-0.1, -0.05) is 209 Å². The van der Waals surface area contributed by atoms with Gasteiger partial charge in [-0.3, -0.25) is 27.6 Å². The molecule has 6 aliphatic rings. The summed E-state index contributed by atoms with van der Waals surface area (Å²) in [5.41, 5.74) is 27.6. The van der Waals surface area contributed by atoms with Crippen LogP contribution >= 0.6 is 0 Å². The van der Waals surface area contributed by atoms with Crippen LogP contribution in [0.5, 0.6) is 0 Å². The Kier molecular flexibility index (Phi) is 19.5. The zero-order chi connectivity index (χ0) is 79.0. The predicted octanol–water partition coefficient (Wildman–Crippen LogP) is 13.7. The number of hydrogen-bond donors (Lipinski definition) is 6. The third-order valence-corrected chi connectivity index (χ3v) is 25.2. The normalized spacial score (nSPS) is 22.5. The largest absolute Gasteiger partial charge is 0.382 e. The molecule has 0 bridgehead atoms. The van der Waals surface area contributed by atoms with Gasteiger partial charge in [-0.05, 0) is 153 Å². The Balaban J connectivity index is 0.000000128. The maximum Gasteiger partial charge on any atom is 0.299 e. The molecule has 0 spiro atoms. The molecule has 3 aliphatic carbocycles. The first-order valence-electron chi connectivity index (χ1n) is 38.9. The van der Waals surface area contributed by atoms with Crippen LogP contribution in [-0.4, -0.2) is 110 Å². The number of likely N-dealkylation sites (tertiary alicyclic amines) is 3. The molecule has 12 atom stereocenters. The van der Waals surface area contributed by atoms with Crippen molar-refractivity contribution in [1.29, 1.82) is 0 Å². The number of benzene rings is 6. The average Bonchev–Trinajstić information content (AvgIpc) is 1.51. The lowest BCUT2D eigenvalue weighted by atomic mass is 9.87. The molecule has 572 valence electrons. The molecule has 3 aliphatic heterocycles. The molecule has 0 radical (unpaired) electrons. The van der Waals surface area contributed by atoms with Gasteiger partial charge in [-0.25, -0.2) is 29.9 Å². The summed E-state index contributed by atoms with van der Waals surface area (Å²) in [5, 5.41) is 33.9. The van der Waals surface area contributed by atoms with Crippen LogP contribution < -0.4 is 17.2 Å². The standard InChI is InChI=1S/2C31H31N5O2.C30H31N5O2/c1-5-9-23(37)36-18-22-24(30(22,2)3)26(36)29-34-25(27-28(32)33-16-17-35(27)29)19-12-14-21(15-13-19)31(4,38)20-10-7-6-8-11-20;1-3-8-25(37)36-19-21-9-7-12-24(21)27(36)30-34-26(28-29(32)33-17-18-35(28)30)20-13-15-23(16-14-20)31(2,38)22-10-5-4-6-11-22;1-3-24(36)35-18-20-8-7-11-23(20)26(35)29-33-25(27-28(31)32-16-17-34(27)29)19-12-14-22(15-13-19)30(2,37)21-9-5-4-6-10-21/h6-8,10-17,22,24,26,38H,18H2,1-4H3,(H2,32,33);4-6,10-11,13-18,21,24,27,38H,7,9,12,19H2,1-2H3,(H2,32,33);3-6,9-10,12-17,20,23,26,37H,1,7-8,11,18H2,2H3,(H2,31,32)/t22-,24-,26-,31?;;/m0../s1. The summed E-state index contributed by atoms with van der Waals surface area (Å²) in [7, 11) is 0. The molecule has 6 aromatic carbocycles. The Morgan fingerprint density at radius 2 is 0.779 bits per heavy atom. The molecule has 9 heterocycles. The number of nitrogen functional groups attached to an aromatic ring is 3. The second-order valence-electron chi connectivity index (χ2n) is 32.0. The first-order chi connectivity index (χ1) is 54.4. The topological polar surface area (TPSA) is 290 Å². The molecule has 21 nitrogen and oxygen atoms in total. The maximum absolute atomic E-state index is 13.0. The number of anilines is 3. The van der Waals surface area contributed by atoms with Crippen LogP contribution in [-0.2, 0) is 31.2 Å². The van der Waals surface area contributed by atoms with Gasteiger partial charge in [-0.2, -0.15) is 0 Å². The summed E-state index contributed by atoms with van der Waals surface area (Å²) in [5.74, 6) is 16.5. The van der Waals surface area contributed by atoms with E-state index < -0.39 is 16.8 Å². The number of amides is 3. The van der Waals surface area contributed by atoms with E-state index in [0.717, 1.165) is 123 Å². The van der Waals surface area contributed by atoms with Crippen LogP contribution in [0.25, 0.3) is 50.3 Å². The van der Waals surface area contributed by atoms with Crippen molar-refractivity contribution in [3.8, 4) is 57.5 Å². The summed E-state index contributed by atoms with van der Waals surface area (Å²) in [4.78, 5) is 73.0. The third-order valence-electron chi connectivity index (χ3n) is 25.2. The van der Waals surface area contributed by atoms with E-state index in [0.29, 0.717) is 83.0 Å². The monoisotopic (exact) mass is 1500 g/mol. The quantitative estimate of drug-likeness (QED) is 0.0462. The molecule has 6 fully saturated rings. The number of piperidine rings is 1. The van der Waals surface area contributed by atoms with E-state index in [1.165, 1.54) is 12.5 Å². The second kappa shape index (κ2) is 29.4. The number of nitrogens with two attached hydrogens (primary N) is 3. The second-order valence-corrected chi connectivity index (χ2v) is 32.0. The first-order valence-corrected chi connectivity index (χ1v) is 38.9. The molecule has 113 heavy (non-hydrogen) atoms. The van der Waals surface area contributed by atoms with E-state index in [9.17, 15) is 29.7 Å². The van der Waals surface area contributed by atoms with Crippen molar-refractivity contribution in [3.05, 3.63) is 264 Å². The number of carbonyl (C=O) groups excluding carboxylic acids is 3. The predicted molar refractivity (Wildman–Crippen MR) is 437 cm³/mol. The summed E-state index contributed by atoms with van der Waals surface area (Å²) in [6, 6.07) is 51.6. The maximum atomic E-state index is 13.0. The Labute approximate surface area is 657 Å². The van der Waals surface area contributed by atoms with Crippen LogP contribution in [0, 0.1) is 64.6 Å². The molecular weight excluding hydrogens is 1410 g/mol. The molecule has 21 heteroatoms. The van der Waals surface area contributed by atoms with Crippen molar-refractivity contribution in [2.24, 2.45) is 40.9 Å². The smallest absolute Gasteiger partial charge is 0.299 e. The molecule has 18 rings (SSSR count). The van der Waals surface area contributed by atoms with Crippen molar-refractivity contribution in [2.75, 3.05) is 36.8 Å². The van der Waals surface area contributed by atoms with Crippen molar-refractivity contribution in [2.45, 2.75) is 122 Å². The molecule has 6 aromatic heterocycles. The minimum atomic E-state index is -1.14. The van der Waals surface area contributed by atoms with Crippen LogP contribution in [0.2, 0.25) is 0 Å². The number of hydrogen-bond acceptors (Lipinski definition) is 15. The highest BCUT2D eigenvalue weighted by atomic mass is 16.3. The van der Waals surface area contributed by atoms with Gasteiger partial charge < -0.3 is 47.2 Å². The van der Waals surface area contributed by atoms with Gasteiger partial charge in [0.15, 0.2) is 0 Å². The number of aliphatic hydroxyl groups is 3. The van der Waals surface area contributed by atoms with Gasteiger partial charge in [0.2, 0.25) is 5.91 Å². The zero-order valence-electron chi connectivity index (χ0n) is 64.6. The fraction of sp³-hybridized carbons (Fsp3) is 0.315.